The van der Waals surface area contributed by atoms with Crippen molar-refractivity contribution in [2.45, 2.75) is 36.4 Å². The maximum atomic E-state index is 5.73. The lowest BCUT2D eigenvalue weighted by molar-refractivity contribution is 0.142. The molecule has 0 aliphatic rings. The van der Waals surface area contributed by atoms with Crippen LogP contribution in [0.2, 0.25) is 0 Å². The molecule has 0 bridgehead atoms. The zero-order chi connectivity index (χ0) is 11.4. The van der Waals surface area contributed by atoms with Gasteiger partial charge in [-0.05, 0) is 33.7 Å². The second kappa shape index (κ2) is 7.78. The molecule has 0 heterocycles. The van der Waals surface area contributed by atoms with E-state index >= 15 is 0 Å². The van der Waals surface area contributed by atoms with Gasteiger partial charge < -0.3 is 0 Å². The molecule has 0 amide bonds. The Morgan fingerprint density at radius 2 is 1.27 bits per heavy atom. The van der Waals surface area contributed by atoms with E-state index in [0.29, 0.717) is 11.8 Å². The first-order valence-electron chi connectivity index (χ1n) is 4.58. The van der Waals surface area contributed by atoms with Crippen LogP contribution in [0.25, 0.3) is 0 Å². The lowest BCUT2D eigenvalue weighted by Gasteiger charge is -2.44. The van der Waals surface area contributed by atoms with Crippen molar-refractivity contribution in [2.75, 3.05) is 18.8 Å². The SMILES string of the molecule is CN(C(C)(S)CCCl)C(C)(S)CCCl.Cl. The van der Waals surface area contributed by atoms with Crippen LogP contribution in [0.4, 0.5) is 0 Å². The smallest absolute Gasteiger partial charge is 0.0632 e. The molecule has 0 saturated heterocycles. The summed E-state index contributed by atoms with van der Waals surface area (Å²) in [4.78, 5) is 1.62. The fourth-order valence-electron chi connectivity index (χ4n) is 1.21. The van der Waals surface area contributed by atoms with Crippen molar-refractivity contribution in [1.29, 1.82) is 0 Å². The Morgan fingerprint density at radius 3 is 1.47 bits per heavy atom. The molecule has 6 heteroatoms. The van der Waals surface area contributed by atoms with Crippen molar-refractivity contribution in [3.63, 3.8) is 0 Å². The Balaban J connectivity index is 0. The van der Waals surface area contributed by atoms with E-state index in [2.05, 4.69) is 30.2 Å². The van der Waals surface area contributed by atoms with Crippen molar-refractivity contribution >= 4 is 60.9 Å². The molecular weight excluding hydrogens is 293 g/mol. The number of hydrogen-bond donors (Lipinski definition) is 2. The Kier molecular flexibility index (Phi) is 9.79. The van der Waals surface area contributed by atoms with E-state index in [9.17, 15) is 0 Å². The van der Waals surface area contributed by atoms with Crippen LogP contribution in [0.3, 0.4) is 0 Å². The summed E-state index contributed by atoms with van der Waals surface area (Å²) >= 11 is 20.7. The molecule has 0 aromatic rings. The highest BCUT2D eigenvalue weighted by molar-refractivity contribution is 7.82. The quantitative estimate of drug-likeness (QED) is 0.427. The van der Waals surface area contributed by atoms with Gasteiger partial charge in [0.25, 0.3) is 0 Å². The van der Waals surface area contributed by atoms with E-state index in [-0.39, 0.29) is 22.1 Å². The first-order valence-corrected chi connectivity index (χ1v) is 6.55. The van der Waals surface area contributed by atoms with Crippen LogP contribution in [-0.4, -0.2) is 33.4 Å². The second-order valence-electron chi connectivity index (χ2n) is 3.87. The molecule has 2 unspecified atom stereocenters. The van der Waals surface area contributed by atoms with Gasteiger partial charge in [0, 0.05) is 11.8 Å². The van der Waals surface area contributed by atoms with Crippen molar-refractivity contribution < 1.29 is 0 Å². The Morgan fingerprint density at radius 1 is 1.00 bits per heavy atom. The first-order chi connectivity index (χ1) is 6.28. The molecule has 0 aromatic carbocycles. The molecule has 1 nitrogen and oxygen atoms in total. The van der Waals surface area contributed by atoms with Gasteiger partial charge in [-0.25, -0.2) is 0 Å². The van der Waals surface area contributed by atoms with Crippen LogP contribution in [0, 0.1) is 0 Å². The molecule has 94 valence electrons. The summed E-state index contributed by atoms with van der Waals surface area (Å²) in [6.07, 6.45) is 1.62. The molecule has 0 aromatic heterocycles. The minimum atomic E-state index is -0.246. The minimum Gasteiger partial charge on any atom is -0.278 e. The van der Waals surface area contributed by atoms with Gasteiger partial charge >= 0.3 is 0 Å². The largest absolute Gasteiger partial charge is 0.278 e. The highest BCUT2D eigenvalue weighted by Crippen LogP contribution is 2.34. The molecule has 2 atom stereocenters. The van der Waals surface area contributed by atoms with Crippen LogP contribution < -0.4 is 0 Å². The minimum absolute atomic E-state index is 0. The van der Waals surface area contributed by atoms with Gasteiger partial charge in [0.15, 0.2) is 0 Å². The van der Waals surface area contributed by atoms with Gasteiger partial charge in [-0.1, -0.05) is 0 Å². The normalized spacial score (nSPS) is 19.2. The van der Waals surface area contributed by atoms with Crippen molar-refractivity contribution in [3.8, 4) is 0 Å². The topological polar surface area (TPSA) is 3.24 Å². The number of halogens is 3. The zero-order valence-corrected chi connectivity index (χ0v) is 13.5. The number of hydrogen-bond acceptors (Lipinski definition) is 3. The molecule has 0 rings (SSSR count). The Bertz CT molecular complexity index is 159. The zero-order valence-electron chi connectivity index (χ0n) is 9.33. The average Bonchev–Trinajstić information content (AvgIpc) is 2.02. The third-order valence-electron chi connectivity index (χ3n) is 2.58. The lowest BCUT2D eigenvalue weighted by Crippen LogP contribution is -2.50. The fraction of sp³-hybridized carbons (Fsp3) is 1.00. The standard InChI is InChI=1S/C9H19Cl2NS2.ClH/c1-8(13,4-6-10)12(3)9(2,14)5-7-11;/h13-14H,4-7H2,1-3H3;1H. The van der Waals surface area contributed by atoms with Crippen LogP contribution in [0.1, 0.15) is 26.7 Å². The van der Waals surface area contributed by atoms with E-state index in [0.717, 1.165) is 12.8 Å². The van der Waals surface area contributed by atoms with Gasteiger partial charge in [-0.3, -0.25) is 4.90 Å². The molecule has 0 N–H and O–H groups in total. The van der Waals surface area contributed by atoms with E-state index < -0.39 is 0 Å². The summed E-state index contributed by atoms with van der Waals surface area (Å²) in [7, 11) is 2.00. The summed E-state index contributed by atoms with van der Waals surface area (Å²) in [6, 6.07) is 0. The number of thiol groups is 2. The van der Waals surface area contributed by atoms with Gasteiger partial charge in [0.1, 0.15) is 0 Å². The molecular formula is C9H20Cl3NS2. The Hall–Kier alpha value is 1.53. The van der Waals surface area contributed by atoms with E-state index in [4.69, 9.17) is 23.2 Å². The van der Waals surface area contributed by atoms with Gasteiger partial charge in [0.05, 0.1) is 9.74 Å². The summed E-state index contributed by atoms with van der Waals surface area (Å²) in [5.74, 6) is 1.18. The van der Waals surface area contributed by atoms with Crippen LogP contribution in [-0.2, 0) is 0 Å². The first kappa shape index (κ1) is 18.9. The third-order valence-corrected chi connectivity index (χ3v) is 4.01. The van der Waals surface area contributed by atoms with Crippen LogP contribution in [0.5, 0.6) is 0 Å². The average molecular weight is 313 g/mol. The number of rotatable bonds is 6. The van der Waals surface area contributed by atoms with Crippen molar-refractivity contribution in [2.24, 2.45) is 0 Å². The summed E-state index contributed by atoms with van der Waals surface area (Å²) < 4.78 is 0. The Labute approximate surface area is 120 Å². The summed E-state index contributed by atoms with van der Waals surface area (Å²) in [5, 5.41) is 0. The van der Waals surface area contributed by atoms with Gasteiger partial charge in [-0.15, -0.1) is 35.6 Å². The predicted molar refractivity (Wildman–Crippen MR) is 80.5 cm³/mol. The van der Waals surface area contributed by atoms with Crippen molar-refractivity contribution in [3.05, 3.63) is 0 Å². The van der Waals surface area contributed by atoms with E-state index in [1.807, 2.05) is 20.9 Å². The fourth-order valence-corrected chi connectivity index (χ4v) is 2.96. The lowest BCUT2D eigenvalue weighted by atomic mass is 10.1. The number of nitrogens with zero attached hydrogens (tertiary/aromatic N) is 1. The molecule has 0 spiro atoms. The van der Waals surface area contributed by atoms with Gasteiger partial charge in [0.2, 0.25) is 0 Å². The summed E-state index contributed by atoms with van der Waals surface area (Å²) in [6.45, 7) is 4.09. The van der Waals surface area contributed by atoms with E-state index in [1.165, 1.54) is 0 Å². The molecule has 0 saturated carbocycles. The van der Waals surface area contributed by atoms with Crippen LogP contribution in [0.15, 0.2) is 0 Å². The summed E-state index contributed by atoms with van der Waals surface area (Å²) in [5.41, 5.74) is 0. The highest BCUT2D eigenvalue weighted by Gasteiger charge is 2.35. The highest BCUT2D eigenvalue weighted by atomic mass is 35.5. The van der Waals surface area contributed by atoms with Gasteiger partial charge in [-0.2, -0.15) is 25.3 Å². The molecule has 0 aliphatic carbocycles. The molecule has 0 aliphatic heterocycles. The molecule has 0 fully saturated rings. The monoisotopic (exact) mass is 311 g/mol. The van der Waals surface area contributed by atoms with Crippen molar-refractivity contribution in [1.82, 2.24) is 4.90 Å². The maximum absolute atomic E-state index is 5.73. The predicted octanol–water partition coefficient (Wildman–Crippen LogP) is 3.89. The molecule has 0 radical (unpaired) electrons. The molecule has 15 heavy (non-hydrogen) atoms. The van der Waals surface area contributed by atoms with Crippen LogP contribution >= 0.6 is 60.9 Å². The maximum Gasteiger partial charge on any atom is 0.0632 e. The second-order valence-corrected chi connectivity index (χ2v) is 6.55. The third kappa shape index (κ3) is 6.13. The van der Waals surface area contributed by atoms with E-state index in [1.54, 1.807) is 0 Å². The number of alkyl halides is 2.